The predicted molar refractivity (Wildman–Crippen MR) is 160 cm³/mol. The van der Waals surface area contributed by atoms with Crippen molar-refractivity contribution < 1.29 is 63.6 Å². The first-order chi connectivity index (χ1) is 22.1. The Balaban J connectivity index is 1.42. The predicted octanol–water partition coefficient (Wildman–Crippen LogP) is -1.15. The van der Waals surface area contributed by atoms with E-state index in [9.17, 15) is 39.9 Å². The normalized spacial score (nSPS) is 23.2. The van der Waals surface area contributed by atoms with E-state index in [1.165, 1.54) is 11.3 Å². The third-order valence-electron chi connectivity index (χ3n) is 7.24. The van der Waals surface area contributed by atoms with Gasteiger partial charge in [0.25, 0.3) is 11.7 Å². The first-order valence-electron chi connectivity index (χ1n) is 14.3. The van der Waals surface area contributed by atoms with Gasteiger partial charge in [-0.2, -0.15) is 0 Å². The number of rotatable bonds is 16. The van der Waals surface area contributed by atoms with Crippen molar-refractivity contribution in [3.8, 4) is 28.5 Å². The number of terminal acetylenes is 1. The minimum atomic E-state index is -2.51. The van der Waals surface area contributed by atoms with Crippen LogP contribution in [0.2, 0.25) is 0 Å². The Hall–Kier alpha value is -3.63. The van der Waals surface area contributed by atoms with Gasteiger partial charge in [-0.05, 0) is 18.2 Å². The van der Waals surface area contributed by atoms with E-state index >= 15 is 0 Å². The van der Waals surface area contributed by atoms with Crippen LogP contribution < -0.4 is 15.4 Å². The number of hydrogen-bond donors (Lipinski definition) is 7. The zero-order valence-corrected chi connectivity index (χ0v) is 25.4. The summed E-state index contributed by atoms with van der Waals surface area (Å²) in [6, 6.07) is 7.60. The number of aliphatic carboxylic acids is 1. The molecule has 2 aromatic rings. The van der Waals surface area contributed by atoms with Crippen LogP contribution in [0, 0.1) is 12.3 Å². The Bertz CT molecular complexity index is 1410. The van der Waals surface area contributed by atoms with Crippen LogP contribution in [-0.4, -0.2) is 126 Å². The summed E-state index contributed by atoms with van der Waals surface area (Å²) in [7, 11) is 0. The second-order valence-corrected chi connectivity index (χ2v) is 11.5. The highest BCUT2D eigenvalue weighted by Gasteiger charge is 2.55. The lowest BCUT2D eigenvalue weighted by Crippen LogP contribution is -2.68. The molecule has 0 aliphatic carbocycles. The number of carbonyl (C=O) groups excluding carboxylic acids is 2. The molecular formula is C30H36N2O13S. The van der Waals surface area contributed by atoms with Crippen LogP contribution in [-0.2, 0) is 35.1 Å². The molecule has 0 radical (unpaired) electrons. The van der Waals surface area contributed by atoms with Gasteiger partial charge >= 0.3 is 5.97 Å². The minimum absolute atomic E-state index is 0.0929. The van der Waals surface area contributed by atoms with E-state index in [2.05, 4.69) is 16.6 Å². The number of fused-ring (bicyclic) bond motifs is 3. The fraction of sp³-hybridized carbons (Fsp3) is 0.500. The second kappa shape index (κ2) is 16.3. The van der Waals surface area contributed by atoms with E-state index in [4.69, 9.17) is 30.1 Å². The van der Waals surface area contributed by atoms with Crippen molar-refractivity contribution in [2.24, 2.45) is 0 Å². The summed E-state index contributed by atoms with van der Waals surface area (Å²) in [6.45, 7) is -1.19. The number of nitrogens with one attached hydrogen (secondary N) is 2. The van der Waals surface area contributed by atoms with E-state index in [1.807, 2.05) is 24.3 Å². The van der Waals surface area contributed by atoms with Crippen molar-refractivity contribution in [2.75, 3.05) is 46.2 Å². The molecule has 1 aromatic heterocycles. The van der Waals surface area contributed by atoms with Gasteiger partial charge in [-0.1, -0.05) is 18.1 Å². The van der Waals surface area contributed by atoms with Crippen LogP contribution in [0.15, 0.2) is 30.3 Å². The number of thiophene rings is 1. The lowest BCUT2D eigenvalue weighted by molar-refractivity contribution is -0.312. The fourth-order valence-electron chi connectivity index (χ4n) is 5.00. The van der Waals surface area contributed by atoms with Gasteiger partial charge < -0.3 is 59.9 Å². The van der Waals surface area contributed by atoms with Crippen molar-refractivity contribution in [1.29, 1.82) is 0 Å². The number of aliphatic hydroxyl groups excluding tert-OH is 4. The third-order valence-corrected chi connectivity index (χ3v) is 8.45. The molecule has 2 aliphatic rings. The molecule has 4 rings (SSSR count). The Morgan fingerprint density at radius 3 is 2.63 bits per heavy atom. The molecule has 16 heteroatoms. The summed E-state index contributed by atoms with van der Waals surface area (Å²) in [5.74, 6) is -2.67. The van der Waals surface area contributed by atoms with Crippen molar-refractivity contribution in [3.63, 3.8) is 0 Å². The zero-order valence-electron chi connectivity index (χ0n) is 24.6. The molecule has 46 heavy (non-hydrogen) atoms. The highest BCUT2D eigenvalue weighted by Crippen LogP contribution is 2.42. The van der Waals surface area contributed by atoms with Crippen LogP contribution in [0.4, 0.5) is 0 Å². The van der Waals surface area contributed by atoms with Crippen molar-refractivity contribution in [2.45, 2.75) is 49.3 Å². The van der Waals surface area contributed by atoms with E-state index in [0.29, 0.717) is 10.6 Å². The Morgan fingerprint density at radius 2 is 1.89 bits per heavy atom. The summed E-state index contributed by atoms with van der Waals surface area (Å²) < 4.78 is 27.3. The van der Waals surface area contributed by atoms with E-state index in [0.717, 1.165) is 16.0 Å². The molecule has 0 bridgehead atoms. The maximum absolute atomic E-state index is 13.0. The summed E-state index contributed by atoms with van der Waals surface area (Å²) in [5.41, 5.74) is 1.66. The highest BCUT2D eigenvalue weighted by atomic mass is 32.1. The molecule has 1 saturated heterocycles. The number of benzene rings is 1. The van der Waals surface area contributed by atoms with E-state index < -0.39 is 73.6 Å². The summed E-state index contributed by atoms with van der Waals surface area (Å²) in [4.78, 5) is 38.5. The molecule has 2 aliphatic heterocycles. The van der Waals surface area contributed by atoms with Gasteiger partial charge in [0.2, 0.25) is 5.91 Å². The lowest BCUT2D eigenvalue weighted by atomic mass is 9.88. The molecule has 1 fully saturated rings. The highest BCUT2D eigenvalue weighted by molar-refractivity contribution is 7.17. The van der Waals surface area contributed by atoms with Crippen LogP contribution in [0.3, 0.4) is 0 Å². The number of amides is 2. The lowest BCUT2D eigenvalue weighted by Gasteiger charge is -2.46. The monoisotopic (exact) mass is 664 g/mol. The van der Waals surface area contributed by atoms with Crippen molar-refractivity contribution in [1.82, 2.24) is 10.6 Å². The number of hydrogen-bond acceptors (Lipinski definition) is 13. The quantitative estimate of drug-likeness (QED) is 0.0833. The van der Waals surface area contributed by atoms with Crippen molar-refractivity contribution in [3.05, 3.63) is 40.8 Å². The fourth-order valence-corrected chi connectivity index (χ4v) is 6.11. The topological polar surface area (TPSA) is 223 Å². The molecule has 3 heterocycles. The Kier molecular flexibility index (Phi) is 12.5. The van der Waals surface area contributed by atoms with Gasteiger partial charge in [0.15, 0.2) is 0 Å². The number of carbonyl (C=O) groups is 3. The number of carboxylic acids is 1. The molecular weight excluding hydrogens is 628 g/mol. The first-order valence-corrected chi connectivity index (χ1v) is 15.1. The number of para-hydroxylation sites is 1. The smallest absolute Gasteiger partial charge is 0.364 e. The average Bonchev–Trinajstić information content (AvgIpc) is 3.50. The van der Waals surface area contributed by atoms with Gasteiger partial charge in [0.05, 0.1) is 49.6 Å². The van der Waals surface area contributed by atoms with E-state index in [-0.39, 0.29) is 39.6 Å². The van der Waals surface area contributed by atoms with Crippen LogP contribution in [0.5, 0.6) is 5.75 Å². The van der Waals surface area contributed by atoms with Crippen LogP contribution >= 0.6 is 11.3 Å². The standard InChI is InChI=1S/C30H36N2O13S/c1-2-7-41-8-9-42-10-11-44-30(29(39)40)13-19(34)24(32-23(36)15-33)26(45-30)25(37)20(35)14-31-28(38)22-12-17-16-43-21-6-4-3-5-18(21)27(17)46-22/h1,3-6,12,19-20,24-26,33-35,37H,7-11,13-16H2,(H,31,38)(H,32,36)(H,39,40)/t19-,20+,24+,25+,26+,30+/m0/s1. The minimum Gasteiger partial charge on any atom is -0.488 e. The summed E-state index contributed by atoms with van der Waals surface area (Å²) in [6.07, 6.45) is -2.73. The average molecular weight is 665 g/mol. The van der Waals surface area contributed by atoms with Crippen LogP contribution in [0.25, 0.3) is 10.4 Å². The first kappa shape index (κ1) is 35.2. The van der Waals surface area contributed by atoms with Crippen LogP contribution in [0.1, 0.15) is 21.7 Å². The molecule has 0 spiro atoms. The van der Waals surface area contributed by atoms with Gasteiger partial charge in [-0.25, -0.2) is 4.79 Å². The maximum Gasteiger partial charge on any atom is 0.364 e. The third kappa shape index (κ3) is 8.39. The summed E-state index contributed by atoms with van der Waals surface area (Å²) in [5, 5.41) is 56.9. The molecule has 2 amide bonds. The molecule has 0 unspecified atom stereocenters. The Labute approximate surface area is 268 Å². The summed E-state index contributed by atoms with van der Waals surface area (Å²) >= 11 is 1.23. The largest absolute Gasteiger partial charge is 0.488 e. The maximum atomic E-state index is 13.0. The molecule has 1 aromatic carbocycles. The Morgan fingerprint density at radius 1 is 1.15 bits per heavy atom. The molecule has 6 atom stereocenters. The zero-order chi connectivity index (χ0) is 33.3. The number of carboxylic acid groups (broad SMARTS) is 1. The molecule has 15 nitrogen and oxygen atoms in total. The van der Waals surface area contributed by atoms with Gasteiger partial charge in [0.1, 0.15) is 37.8 Å². The molecule has 7 N–H and O–H groups in total. The number of aliphatic hydroxyl groups is 4. The molecule has 0 saturated carbocycles. The van der Waals surface area contributed by atoms with E-state index in [1.54, 1.807) is 6.07 Å². The number of ether oxygens (including phenoxy) is 5. The van der Waals surface area contributed by atoms with Crippen molar-refractivity contribution >= 4 is 29.1 Å². The van der Waals surface area contributed by atoms with Gasteiger partial charge in [0, 0.05) is 29.0 Å². The van der Waals surface area contributed by atoms with Gasteiger partial charge in [-0.15, -0.1) is 17.8 Å². The second-order valence-electron chi connectivity index (χ2n) is 10.4. The SMILES string of the molecule is C#CCOCCOCCO[C@]1(C(=O)O)C[C@H](O)[C@@H](NC(=O)CO)[C@H]([C@H](O)[C@H](O)CNC(=O)c2cc3c(s2)-c2ccccc2OC3)O1. The van der Waals surface area contributed by atoms with Gasteiger partial charge in [-0.3, -0.25) is 9.59 Å². The molecule has 250 valence electrons.